The highest BCUT2D eigenvalue weighted by Crippen LogP contribution is 2.37. The summed E-state index contributed by atoms with van der Waals surface area (Å²) >= 11 is 0. The predicted molar refractivity (Wildman–Crippen MR) is 322 cm³/mol. The van der Waals surface area contributed by atoms with Crippen molar-refractivity contribution in [3.05, 3.63) is 144 Å². The van der Waals surface area contributed by atoms with Crippen LogP contribution in [0.5, 0.6) is 11.5 Å². The van der Waals surface area contributed by atoms with E-state index in [2.05, 4.69) is 107 Å². The van der Waals surface area contributed by atoms with E-state index in [1.165, 1.54) is 28.8 Å². The number of hydrogen-bond acceptors (Lipinski definition) is 16. The second-order valence-corrected chi connectivity index (χ2v) is 31.5. The second kappa shape index (κ2) is 34.4. The lowest BCUT2D eigenvalue weighted by Gasteiger charge is -2.33. The van der Waals surface area contributed by atoms with Crippen LogP contribution in [0.2, 0.25) is 19.1 Å². The zero-order valence-corrected chi connectivity index (χ0v) is 56.4. The van der Waals surface area contributed by atoms with Crippen LogP contribution >= 0.6 is 0 Å². The van der Waals surface area contributed by atoms with E-state index < -0.39 is 73.3 Å². The summed E-state index contributed by atoms with van der Waals surface area (Å²) in [6.45, 7) is 39.9. The topological polar surface area (TPSA) is 192 Å². The lowest BCUT2D eigenvalue weighted by molar-refractivity contribution is -0.0203. The summed E-state index contributed by atoms with van der Waals surface area (Å²) in [5.41, 5.74) is 4.94. The third-order valence-corrected chi connectivity index (χ3v) is 27.0. The molecule has 4 N–H and O–H groups in total. The van der Waals surface area contributed by atoms with Gasteiger partial charge in [-0.2, -0.15) is 0 Å². The van der Waals surface area contributed by atoms with Crippen LogP contribution in [0.4, 0.5) is 0 Å². The largest absolute Gasteiger partial charge is 0.494 e. The summed E-state index contributed by atoms with van der Waals surface area (Å²) in [6.07, 6.45) is -0.128. The van der Waals surface area contributed by atoms with Gasteiger partial charge in [-0.25, -0.2) is 0 Å². The highest BCUT2D eigenvalue weighted by molar-refractivity contribution is 6.79. The normalized spacial score (nSPS) is 29.2. The summed E-state index contributed by atoms with van der Waals surface area (Å²) in [7, 11) is -18.3. The molecule has 4 aliphatic heterocycles. The fourth-order valence-electron chi connectivity index (χ4n) is 8.67. The summed E-state index contributed by atoms with van der Waals surface area (Å²) in [5, 5.41) is 0. The van der Waals surface area contributed by atoms with Gasteiger partial charge in [0.2, 0.25) is 0 Å². The van der Waals surface area contributed by atoms with E-state index in [-0.39, 0.29) is 35.2 Å². The number of hydrogen-bond donors (Lipinski definition) is 4. The molecule has 0 aliphatic carbocycles. The average molecular weight is 1190 g/mol. The Labute approximate surface area is 476 Å². The van der Waals surface area contributed by atoms with Crippen molar-refractivity contribution >= 4 is 55.0 Å². The van der Waals surface area contributed by atoms with E-state index in [1.54, 1.807) is 26.5 Å². The first-order valence-electron chi connectivity index (χ1n) is 27.7. The molecule has 10 unspecified atom stereocenters. The van der Waals surface area contributed by atoms with Crippen LogP contribution in [0, 0.1) is 0 Å². The Hall–Kier alpha value is -3.04. The molecule has 0 aromatic heterocycles. The maximum Gasteiger partial charge on any atom is 0.491 e. The molecule has 4 saturated heterocycles. The van der Waals surface area contributed by atoms with Gasteiger partial charge in [0.1, 0.15) is 18.1 Å². The third-order valence-electron chi connectivity index (χ3n) is 12.5. The Kier molecular flexibility index (Phi) is 31.4. The van der Waals surface area contributed by atoms with Crippen LogP contribution in [-0.2, 0) is 53.8 Å². The van der Waals surface area contributed by atoms with Gasteiger partial charge in [-0.15, -0.1) is 0 Å². The first kappa shape index (κ1) is 71.1. The minimum absolute atomic E-state index is 0.00176. The van der Waals surface area contributed by atoms with Crippen LogP contribution in [0.25, 0.3) is 0 Å². The Morgan fingerprint density at radius 3 is 1.38 bits per heavy atom. The molecular weight excluding hydrogens is 1100 g/mol. The first-order valence-corrected chi connectivity index (χ1v) is 38.5. The Morgan fingerprint density at radius 1 is 0.538 bits per heavy atom. The maximum atomic E-state index is 11.3. The molecule has 0 saturated carbocycles. The summed E-state index contributed by atoms with van der Waals surface area (Å²) in [5.74, 6) is 1.65. The molecule has 16 nitrogen and oxygen atoms in total. The molecule has 0 spiro atoms. The van der Waals surface area contributed by atoms with Crippen molar-refractivity contribution in [3.63, 3.8) is 0 Å². The smallest absolute Gasteiger partial charge is 0.491 e. The van der Waals surface area contributed by atoms with Gasteiger partial charge in [-0.05, 0) is 80.6 Å². The van der Waals surface area contributed by atoms with E-state index in [9.17, 15) is 19.2 Å². The van der Waals surface area contributed by atoms with Gasteiger partial charge >= 0.3 is 55.0 Å². The van der Waals surface area contributed by atoms with Crippen molar-refractivity contribution in [1.82, 2.24) is 0 Å². The van der Waals surface area contributed by atoms with Crippen molar-refractivity contribution in [1.29, 1.82) is 0 Å². The molecule has 4 fully saturated rings. The molecule has 4 aromatic carbocycles. The van der Waals surface area contributed by atoms with Crippen LogP contribution < -0.4 is 9.47 Å². The minimum atomic E-state index is -3.64. The van der Waals surface area contributed by atoms with E-state index in [4.69, 9.17) is 52.5 Å². The average Bonchev–Trinajstić information content (AvgIpc) is 3.78. The molecule has 8 rings (SSSR count). The monoisotopic (exact) mass is 1190 g/mol. The molecule has 22 heteroatoms. The maximum absolute atomic E-state index is 11.3. The second-order valence-electron chi connectivity index (χ2n) is 18.9. The van der Waals surface area contributed by atoms with Gasteiger partial charge in [0, 0.05) is 30.0 Å². The Morgan fingerprint density at radius 2 is 0.949 bits per heavy atom. The third kappa shape index (κ3) is 21.7. The van der Waals surface area contributed by atoms with Crippen LogP contribution in [0.3, 0.4) is 0 Å². The SMILES string of the molecule is C=CCOc1ccc(C(C)(C)c2ccccc2)cc1.CC.CC.CC.CC.CC1O[SiH](O)O[SiH]2OC1C(C)O[SiH](O)O2.CC1O[Si](C)(O)O[Si]2(C)OC1C(C)O[Si](O)(CCCOc1ccc(C(C)(C)c3ccccc3)cc1)O2. The van der Waals surface area contributed by atoms with Crippen LogP contribution in [0.15, 0.2) is 122 Å². The Balaban J connectivity index is 0.000000415. The fourth-order valence-corrected chi connectivity index (χ4v) is 23.7. The van der Waals surface area contributed by atoms with Crippen molar-refractivity contribution in [2.75, 3.05) is 13.2 Å². The molecule has 0 radical (unpaired) electrons. The van der Waals surface area contributed by atoms with Gasteiger partial charge in [-0.3, -0.25) is 0 Å². The molecule has 4 aliphatic rings. The zero-order valence-electron chi connectivity index (χ0n) is 49.9. The molecule has 4 aromatic rings. The van der Waals surface area contributed by atoms with Crippen molar-refractivity contribution < 1.29 is 71.7 Å². The lowest BCUT2D eigenvalue weighted by Crippen LogP contribution is -2.58. The van der Waals surface area contributed by atoms with Gasteiger partial charge in [0.25, 0.3) is 0 Å². The van der Waals surface area contributed by atoms with E-state index in [0.29, 0.717) is 19.6 Å². The van der Waals surface area contributed by atoms with Crippen molar-refractivity contribution in [2.45, 2.75) is 184 Å². The van der Waals surface area contributed by atoms with Crippen LogP contribution in [-0.4, -0.2) is 124 Å². The molecule has 4 heterocycles. The Bertz CT molecular complexity index is 2220. The van der Waals surface area contributed by atoms with Gasteiger partial charge in [0.05, 0.1) is 43.2 Å². The number of benzene rings is 4. The lowest BCUT2D eigenvalue weighted by atomic mass is 9.78. The van der Waals surface area contributed by atoms with Crippen LogP contribution in [0.1, 0.15) is 139 Å². The summed E-state index contributed by atoms with van der Waals surface area (Å²) in [4.78, 5) is 40.8. The number of fused-ring (bicyclic) bond motifs is 4. The number of ether oxygens (including phenoxy) is 2. The van der Waals surface area contributed by atoms with Crippen molar-refractivity contribution in [2.24, 2.45) is 0 Å². The van der Waals surface area contributed by atoms with E-state index in [0.717, 1.165) is 11.5 Å². The minimum Gasteiger partial charge on any atom is -0.494 e. The first-order chi connectivity index (χ1) is 37.0. The van der Waals surface area contributed by atoms with Gasteiger partial charge < -0.3 is 71.7 Å². The molecule has 78 heavy (non-hydrogen) atoms. The van der Waals surface area contributed by atoms with E-state index >= 15 is 0 Å². The molecule has 0 amide bonds. The van der Waals surface area contributed by atoms with Crippen molar-refractivity contribution in [3.8, 4) is 11.5 Å². The molecular formula is C56H96O16Si6. The standard InChI is InChI=1S/C25H38O8Si3.C18H20O.C5H14O7Si3.4C2H6/c1-19-24-20(2)30-36(27,33-35(6,31-24)32-34(5,26)29-19)18-10-17-28-23-15-13-22(14-16-23)25(3,4)21-11-8-7-9-12-21;1-4-14-19-17-12-10-16(11-13-17)18(2,3)15-8-6-5-7-9-15;1-3-5-4(2)9-14(7)12-15(10-5)11-13(6)8-3;4*1-2/h7-9,11-16,19-20,24,26-27H,10,17-18H2,1-6H3;4-13H,1,14H2,2-3H3;3-7,13-15H,1-2H3;4*1-2H3. The molecule has 440 valence electrons. The number of rotatable bonds is 12. The molecule has 10 atom stereocenters. The van der Waals surface area contributed by atoms with Gasteiger partial charge in [-0.1, -0.05) is 181 Å². The zero-order chi connectivity index (χ0) is 58.9. The quantitative estimate of drug-likeness (QED) is 0.0595. The fraction of sp³-hybridized carbons (Fsp3) is 0.536. The highest BCUT2D eigenvalue weighted by atomic mass is 28.5. The highest BCUT2D eigenvalue weighted by Gasteiger charge is 2.61. The summed E-state index contributed by atoms with van der Waals surface area (Å²) < 4.78 is 67.4. The molecule has 4 bridgehead atoms. The predicted octanol–water partition coefficient (Wildman–Crippen LogP) is 10.2. The van der Waals surface area contributed by atoms with E-state index in [1.807, 2.05) is 106 Å². The summed E-state index contributed by atoms with van der Waals surface area (Å²) in [6, 6.07) is 37.7. The van der Waals surface area contributed by atoms with Gasteiger partial charge in [0.15, 0.2) is 0 Å².